The minimum atomic E-state index is -1.82. The van der Waals surface area contributed by atoms with Gasteiger partial charge in [-0.3, -0.25) is 0 Å². The topological polar surface area (TPSA) is 158 Å². The van der Waals surface area contributed by atoms with E-state index in [0.29, 0.717) is 24.3 Å². The Balaban J connectivity index is 0.000000170. The maximum absolute atomic E-state index is 12.0. The molecule has 2 aromatic rings. The summed E-state index contributed by atoms with van der Waals surface area (Å²) in [6, 6.07) is 19.6. The van der Waals surface area contributed by atoms with Crippen molar-refractivity contribution < 1.29 is 38.9 Å². The monoisotopic (exact) mass is 610 g/mol. The summed E-state index contributed by atoms with van der Waals surface area (Å²) in [5.41, 5.74) is 2.72. The lowest BCUT2D eigenvalue weighted by atomic mass is 9.79. The number of hydrogen-bond donors (Lipinski definition) is 4. The van der Waals surface area contributed by atoms with E-state index in [-0.39, 0.29) is 12.2 Å². The molecule has 6 rings (SSSR count). The lowest BCUT2D eigenvalue weighted by Gasteiger charge is -2.48. The fraction of sp³-hybridized carbons (Fsp3) is 0.500. The Bertz CT molecular complexity index is 1130. The van der Waals surface area contributed by atoms with Gasteiger partial charge >= 0.3 is 24.1 Å². The van der Waals surface area contributed by atoms with Crippen LogP contribution in [0.4, 0.5) is 9.59 Å². The Morgan fingerprint density at radius 2 is 0.909 bits per heavy atom. The first-order chi connectivity index (χ1) is 21.2. The summed E-state index contributed by atoms with van der Waals surface area (Å²) in [6.07, 6.45) is 6.33. The molecule has 0 radical (unpaired) electrons. The molecule has 2 amide bonds. The summed E-state index contributed by atoms with van der Waals surface area (Å²) in [6.45, 7) is 6.19. The second-order valence-corrected chi connectivity index (χ2v) is 11.6. The fourth-order valence-electron chi connectivity index (χ4n) is 5.67. The molecule has 4 fully saturated rings. The van der Waals surface area contributed by atoms with Gasteiger partial charge in [0.05, 0.1) is 0 Å². The molecule has 44 heavy (non-hydrogen) atoms. The van der Waals surface area contributed by atoms with Crippen molar-refractivity contribution in [2.75, 3.05) is 39.3 Å². The van der Waals surface area contributed by atoms with Crippen LogP contribution in [0.1, 0.15) is 49.7 Å². The number of hydrogen-bond acceptors (Lipinski definition) is 8. The fourth-order valence-corrected chi connectivity index (χ4v) is 5.67. The zero-order valence-electron chi connectivity index (χ0n) is 24.9. The second-order valence-electron chi connectivity index (χ2n) is 11.6. The Morgan fingerprint density at radius 1 is 0.591 bits per heavy atom. The molecule has 0 aliphatic carbocycles. The minimum Gasteiger partial charge on any atom is -0.473 e. The molecule has 2 spiro atoms. The van der Waals surface area contributed by atoms with E-state index in [1.165, 1.54) is 12.8 Å². The van der Waals surface area contributed by atoms with Gasteiger partial charge in [0.1, 0.15) is 13.2 Å². The molecule has 0 bridgehead atoms. The third-order valence-electron chi connectivity index (χ3n) is 8.76. The normalized spacial score (nSPS) is 19.1. The van der Waals surface area contributed by atoms with Crippen molar-refractivity contribution in [2.45, 2.75) is 62.8 Å². The highest BCUT2D eigenvalue weighted by atomic mass is 16.6. The first-order valence-electron chi connectivity index (χ1n) is 15.1. The molecule has 4 saturated heterocycles. The molecule has 12 nitrogen and oxygen atoms in total. The third-order valence-corrected chi connectivity index (χ3v) is 8.76. The number of carbonyl (C=O) groups excluding carboxylic acids is 2. The van der Waals surface area contributed by atoms with Gasteiger partial charge in [0, 0.05) is 37.3 Å². The van der Waals surface area contributed by atoms with E-state index in [9.17, 15) is 9.59 Å². The number of ether oxygens (including phenoxy) is 2. The van der Waals surface area contributed by atoms with Crippen LogP contribution in [0.3, 0.4) is 0 Å². The number of piperidine rings is 2. The van der Waals surface area contributed by atoms with E-state index in [0.717, 1.165) is 76.1 Å². The zero-order chi connectivity index (χ0) is 31.4. The maximum atomic E-state index is 12.0. The van der Waals surface area contributed by atoms with E-state index in [2.05, 4.69) is 10.6 Å². The lowest BCUT2D eigenvalue weighted by Crippen LogP contribution is -2.62. The average molecular weight is 611 g/mol. The molecule has 4 aliphatic heterocycles. The third kappa shape index (κ3) is 9.42. The Hall–Kier alpha value is -4.16. The minimum absolute atomic E-state index is 0.182. The molecule has 0 saturated carbocycles. The van der Waals surface area contributed by atoms with Crippen LogP contribution in [0.15, 0.2) is 60.7 Å². The number of nitrogens with zero attached hydrogens (tertiary/aromatic N) is 2. The van der Waals surface area contributed by atoms with Crippen LogP contribution in [-0.2, 0) is 32.3 Å². The summed E-state index contributed by atoms with van der Waals surface area (Å²) in [4.78, 5) is 45.8. The van der Waals surface area contributed by atoms with Crippen molar-refractivity contribution in [3.05, 3.63) is 71.8 Å². The van der Waals surface area contributed by atoms with Gasteiger partial charge in [-0.1, -0.05) is 60.7 Å². The van der Waals surface area contributed by atoms with E-state index in [1.54, 1.807) is 0 Å². The van der Waals surface area contributed by atoms with Crippen LogP contribution < -0.4 is 10.6 Å². The van der Waals surface area contributed by atoms with Gasteiger partial charge in [-0.15, -0.1) is 0 Å². The molecule has 2 aromatic carbocycles. The Labute approximate surface area is 257 Å². The summed E-state index contributed by atoms with van der Waals surface area (Å²) in [7, 11) is 0. The van der Waals surface area contributed by atoms with E-state index < -0.39 is 11.9 Å². The number of carbonyl (C=O) groups is 4. The number of rotatable bonds is 4. The largest absolute Gasteiger partial charge is 0.473 e. The summed E-state index contributed by atoms with van der Waals surface area (Å²) in [5, 5.41) is 21.8. The second kappa shape index (κ2) is 15.5. The number of benzene rings is 2. The number of carboxylic acid groups (broad SMARTS) is 2. The van der Waals surface area contributed by atoms with Crippen LogP contribution in [0.25, 0.3) is 0 Å². The van der Waals surface area contributed by atoms with Gasteiger partial charge in [-0.05, 0) is 62.7 Å². The van der Waals surface area contributed by atoms with Crippen molar-refractivity contribution in [1.29, 1.82) is 0 Å². The van der Waals surface area contributed by atoms with E-state index >= 15 is 0 Å². The van der Waals surface area contributed by atoms with E-state index in [4.69, 9.17) is 29.3 Å². The van der Waals surface area contributed by atoms with Gasteiger partial charge in [0.2, 0.25) is 0 Å². The standard InChI is InChI=1S/2C15H20N2O2.C2H2O4/c2*18-14(19-12-13-4-2-1-3-5-13)17-10-7-15(8-11-17)6-9-16-15;3-1(4)2(5)6/h2*1-5,16H,6-12H2;(H,3,4)(H,5,6). The SMILES string of the molecule is O=C(O)C(=O)O.O=C(OCc1ccccc1)N1CCC2(CCN2)CC1.O=C(OCc1ccccc1)N1CCC2(CCN2)CC1. The summed E-state index contributed by atoms with van der Waals surface area (Å²) in [5.74, 6) is -3.65. The van der Waals surface area contributed by atoms with Crippen LogP contribution in [-0.4, -0.2) is 94.5 Å². The molecular weight excluding hydrogens is 568 g/mol. The Morgan fingerprint density at radius 3 is 1.16 bits per heavy atom. The number of nitrogens with one attached hydrogen (secondary N) is 2. The van der Waals surface area contributed by atoms with Crippen molar-refractivity contribution in [1.82, 2.24) is 20.4 Å². The summed E-state index contributed by atoms with van der Waals surface area (Å²) >= 11 is 0. The number of carboxylic acids is 2. The molecule has 0 aromatic heterocycles. The zero-order valence-corrected chi connectivity index (χ0v) is 24.9. The van der Waals surface area contributed by atoms with Gasteiger partial charge < -0.3 is 40.1 Å². The van der Waals surface area contributed by atoms with Crippen LogP contribution in [0.2, 0.25) is 0 Å². The van der Waals surface area contributed by atoms with Crippen molar-refractivity contribution in [3.8, 4) is 0 Å². The molecule has 12 heteroatoms. The van der Waals surface area contributed by atoms with E-state index in [1.807, 2.05) is 70.5 Å². The van der Waals surface area contributed by atoms with Crippen molar-refractivity contribution in [3.63, 3.8) is 0 Å². The molecule has 0 atom stereocenters. The molecule has 4 aliphatic rings. The first kappa shape index (κ1) is 32.7. The molecule has 238 valence electrons. The van der Waals surface area contributed by atoms with Gasteiger partial charge in [0.25, 0.3) is 0 Å². The number of aliphatic carboxylic acids is 2. The van der Waals surface area contributed by atoms with Crippen LogP contribution >= 0.6 is 0 Å². The maximum Gasteiger partial charge on any atom is 0.414 e. The van der Waals surface area contributed by atoms with Gasteiger partial charge in [0.15, 0.2) is 0 Å². The summed E-state index contributed by atoms with van der Waals surface area (Å²) < 4.78 is 10.7. The molecular formula is C32H42N4O8. The molecule has 0 unspecified atom stereocenters. The number of likely N-dealkylation sites (tertiary alicyclic amines) is 2. The first-order valence-corrected chi connectivity index (χ1v) is 15.1. The smallest absolute Gasteiger partial charge is 0.414 e. The highest BCUT2D eigenvalue weighted by molar-refractivity contribution is 6.27. The van der Waals surface area contributed by atoms with Crippen molar-refractivity contribution >= 4 is 24.1 Å². The van der Waals surface area contributed by atoms with Crippen LogP contribution in [0.5, 0.6) is 0 Å². The number of amides is 2. The average Bonchev–Trinajstić information content (AvgIpc) is 3.02. The molecule has 4 N–H and O–H groups in total. The Kier molecular flexibility index (Phi) is 11.6. The predicted octanol–water partition coefficient (Wildman–Crippen LogP) is 3.46. The van der Waals surface area contributed by atoms with Gasteiger partial charge in [-0.25, -0.2) is 19.2 Å². The lowest BCUT2D eigenvalue weighted by molar-refractivity contribution is -0.159. The van der Waals surface area contributed by atoms with Gasteiger partial charge in [-0.2, -0.15) is 0 Å². The predicted molar refractivity (Wildman–Crippen MR) is 161 cm³/mol. The highest BCUT2D eigenvalue weighted by Crippen LogP contribution is 2.32. The quantitative estimate of drug-likeness (QED) is 0.378. The molecule has 4 heterocycles. The van der Waals surface area contributed by atoms with Crippen LogP contribution in [0, 0.1) is 0 Å². The van der Waals surface area contributed by atoms with Crippen molar-refractivity contribution in [2.24, 2.45) is 0 Å². The highest BCUT2D eigenvalue weighted by Gasteiger charge is 2.41.